The van der Waals surface area contributed by atoms with Gasteiger partial charge < -0.3 is 0 Å². The van der Waals surface area contributed by atoms with Crippen molar-refractivity contribution in [2.75, 3.05) is 5.75 Å². The molecule has 0 amide bonds. The molecule has 1 unspecified atom stereocenters. The maximum atomic E-state index is 10.6. The normalized spacial score (nSPS) is 17.4. The molecule has 0 heterocycles. The first-order valence-corrected chi connectivity index (χ1v) is 5.21. The van der Waals surface area contributed by atoms with Crippen molar-refractivity contribution in [2.45, 2.75) is 13.8 Å². The summed E-state index contributed by atoms with van der Waals surface area (Å²) in [5.41, 5.74) is 0. The first-order chi connectivity index (χ1) is 4.87. The highest BCUT2D eigenvalue weighted by atomic mass is 32.2. The molecule has 0 radical (unpaired) electrons. The van der Waals surface area contributed by atoms with Gasteiger partial charge in [0.2, 0.25) is 10.0 Å². The lowest BCUT2D eigenvalue weighted by Crippen LogP contribution is -2.24. The molecule has 0 aromatic heterocycles. The molecule has 0 spiro atoms. The maximum absolute atomic E-state index is 10.6. The average molecular weight is 177 g/mol. The van der Waals surface area contributed by atoms with Crippen LogP contribution in [0.25, 0.3) is 0 Å². The van der Waals surface area contributed by atoms with Crippen LogP contribution in [0.1, 0.15) is 13.8 Å². The molecule has 0 rings (SSSR count). The highest BCUT2D eigenvalue weighted by Crippen LogP contribution is 2.12. The van der Waals surface area contributed by atoms with Gasteiger partial charge in [-0.3, -0.25) is 0 Å². The Kier molecular flexibility index (Phi) is 3.75. The summed E-state index contributed by atoms with van der Waals surface area (Å²) in [4.78, 5) is 0. The topological polar surface area (TPSA) is 60.2 Å². The SMILES string of the molecule is C=C[C@@H](C)C(C)CS(N)(=O)=O. The molecule has 4 heteroatoms. The second-order valence-corrected chi connectivity index (χ2v) is 4.56. The van der Waals surface area contributed by atoms with Crippen LogP contribution in [0.3, 0.4) is 0 Å². The zero-order valence-corrected chi connectivity index (χ0v) is 7.76. The van der Waals surface area contributed by atoms with Crippen molar-refractivity contribution in [3.05, 3.63) is 12.7 Å². The standard InChI is InChI=1S/C7H15NO2S/c1-4-6(2)7(3)5-11(8,9)10/h4,6-7H,1,5H2,2-3H3,(H2,8,9,10)/t6-,7?/m1/s1. The second kappa shape index (κ2) is 3.88. The summed E-state index contributed by atoms with van der Waals surface area (Å²) in [6.45, 7) is 7.34. The van der Waals surface area contributed by atoms with Gasteiger partial charge in [-0.2, -0.15) is 0 Å². The average Bonchev–Trinajstić information content (AvgIpc) is 1.82. The molecule has 0 bridgehead atoms. The largest absolute Gasteiger partial charge is 0.229 e. The van der Waals surface area contributed by atoms with Crippen LogP contribution in [0.15, 0.2) is 12.7 Å². The molecule has 0 fully saturated rings. The zero-order chi connectivity index (χ0) is 9.07. The molecule has 3 nitrogen and oxygen atoms in total. The summed E-state index contributed by atoms with van der Waals surface area (Å²) in [5.74, 6) is 0.260. The molecular weight excluding hydrogens is 162 g/mol. The number of hydrogen-bond acceptors (Lipinski definition) is 2. The van der Waals surface area contributed by atoms with E-state index in [0.29, 0.717) is 0 Å². The van der Waals surface area contributed by atoms with Crippen LogP contribution in [-0.4, -0.2) is 14.2 Å². The molecule has 0 aliphatic carbocycles. The van der Waals surface area contributed by atoms with E-state index in [1.54, 1.807) is 6.08 Å². The van der Waals surface area contributed by atoms with E-state index >= 15 is 0 Å². The molecule has 2 atom stereocenters. The molecule has 0 aliphatic rings. The molecule has 0 aliphatic heterocycles. The van der Waals surface area contributed by atoms with Crippen LogP contribution < -0.4 is 5.14 Å². The first-order valence-electron chi connectivity index (χ1n) is 3.50. The number of nitrogens with two attached hydrogens (primary N) is 1. The quantitative estimate of drug-likeness (QED) is 0.644. The van der Waals surface area contributed by atoms with E-state index in [2.05, 4.69) is 6.58 Å². The Balaban J connectivity index is 4.08. The third-order valence-electron chi connectivity index (χ3n) is 1.76. The van der Waals surface area contributed by atoms with Gasteiger partial charge in [-0.1, -0.05) is 19.9 Å². The van der Waals surface area contributed by atoms with E-state index in [1.165, 1.54) is 0 Å². The molecular formula is C7H15NO2S. The van der Waals surface area contributed by atoms with Crippen molar-refractivity contribution >= 4 is 10.0 Å². The highest BCUT2D eigenvalue weighted by Gasteiger charge is 2.14. The van der Waals surface area contributed by atoms with E-state index in [4.69, 9.17) is 5.14 Å². The van der Waals surface area contributed by atoms with E-state index in [9.17, 15) is 8.42 Å². The van der Waals surface area contributed by atoms with Gasteiger partial charge in [0.15, 0.2) is 0 Å². The van der Waals surface area contributed by atoms with Gasteiger partial charge in [0, 0.05) is 0 Å². The summed E-state index contributed by atoms with van der Waals surface area (Å²) in [6, 6.07) is 0. The van der Waals surface area contributed by atoms with Crippen molar-refractivity contribution < 1.29 is 8.42 Å². The monoisotopic (exact) mass is 177 g/mol. The van der Waals surface area contributed by atoms with Gasteiger partial charge in [-0.15, -0.1) is 6.58 Å². The lowest BCUT2D eigenvalue weighted by molar-refractivity contribution is 0.495. The Labute approximate surface area is 68.3 Å². The van der Waals surface area contributed by atoms with Gasteiger partial charge in [0.25, 0.3) is 0 Å². The fourth-order valence-electron chi connectivity index (χ4n) is 0.751. The van der Waals surface area contributed by atoms with Crippen LogP contribution in [0.4, 0.5) is 0 Å². The molecule has 11 heavy (non-hydrogen) atoms. The Morgan fingerprint density at radius 1 is 1.55 bits per heavy atom. The smallest absolute Gasteiger partial charge is 0.209 e. The van der Waals surface area contributed by atoms with Crippen molar-refractivity contribution in [2.24, 2.45) is 17.0 Å². The molecule has 0 aromatic carbocycles. The van der Waals surface area contributed by atoms with Gasteiger partial charge in [-0.05, 0) is 11.8 Å². The molecule has 0 saturated carbocycles. The van der Waals surface area contributed by atoms with Crippen molar-refractivity contribution in [3.63, 3.8) is 0 Å². The van der Waals surface area contributed by atoms with E-state index in [1.807, 2.05) is 13.8 Å². The van der Waals surface area contributed by atoms with Gasteiger partial charge in [0.05, 0.1) is 5.75 Å². The lowest BCUT2D eigenvalue weighted by Gasteiger charge is -2.13. The summed E-state index contributed by atoms with van der Waals surface area (Å²) in [6.07, 6.45) is 1.73. The minimum atomic E-state index is -3.33. The third kappa shape index (κ3) is 4.98. The number of hydrogen-bond donors (Lipinski definition) is 1. The zero-order valence-electron chi connectivity index (χ0n) is 6.95. The van der Waals surface area contributed by atoms with E-state index in [0.717, 1.165) is 0 Å². The fourth-order valence-corrected chi connectivity index (χ4v) is 1.79. The summed E-state index contributed by atoms with van der Waals surface area (Å²) >= 11 is 0. The van der Waals surface area contributed by atoms with Gasteiger partial charge in [0.1, 0.15) is 0 Å². The van der Waals surface area contributed by atoms with Crippen LogP contribution in [0.5, 0.6) is 0 Å². The molecule has 2 N–H and O–H groups in total. The summed E-state index contributed by atoms with van der Waals surface area (Å²) in [5, 5.41) is 4.87. The van der Waals surface area contributed by atoms with Crippen LogP contribution in [-0.2, 0) is 10.0 Å². The molecule has 0 aromatic rings. The minimum Gasteiger partial charge on any atom is -0.229 e. The molecule has 0 saturated heterocycles. The predicted molar refractivity (Wildman–Crippen MR) is 46.5 cm³/mol. The lowest BCUT2D eigenvalue weighted by atomic mass is 9.99. The van der Waals surface area contributed by atoms with Crippen molar-refractivity contribution in [1.82, 2.24) is 0 Å². The van der Waals surface area contributed by atoms with Crippen molar-refractivity contribution in [1.29, 1.82) is 0 Å². The second-order valence-electron chi connectivity index (χ2n) is 2.90. The van der Waals surface area contributed by atoms with Crippen molar-refractivity contribution in [3.8, 4) is 0 Å². The highest BCUT2D eigenvalue weighted by molar-refractivity contribution is 7.89. The predicted octanol–water partition coefficient (Wildman–Crippen LogP) is 0.733. The Hall–Kier alpha value is -0.350. The summed E-state index contributed by atoms with van der Waals surface area (Å²) < 4.78 is 21.2. The molecule has 66 valence electrons. The first kappa shape index (κ1) is 10.7. The maximum Gasteiger partial charge on any atom is 0.209 e. The summed E-state index contributed by atoms with van der Waals surface area (Å²) in [7, 11) is -3.33. The van der Waals surface area contributed by atoms with Crippen LogP contribution in [0.2, 0.25) is 0 Å². The van der Waals surface area contributed by atoms with Crippen LogP contribution in [0, 0.1) is 11.8 Å². The Morgan fingerprint density at radius 2 is 2.00 bits per heavy atom. The number of allylic oxidation sites excluding steroid dienone is 1. The van der Waals surface area contributed by atoms with E-state index < -0.39 is 10.0 Å². The Bertz CT molecular complexity index is 221. The number of primary sulfonamides is 1. The minimum absolute atomic E-state index is 0.0280. The number of sulfonamides is 1. The number of rotatable bonds is 4. The van der Waals surface area contributed by atoms with Gasteiger partial charge >= 0.3 is 0 Å². The third-order valence-corrected chi connectivity index (χ3v) is 2.75. The Morgan fingerprint density at radius 3 is 2.27 bits per heavy atom. The van der Waals surface area contributed by atoms with Gasteiger partial charge in [-0.25, -0.2) is 13.6 Å². The van der Waals surface area contributed by atoms with Crippen LogP contribution >= 0.6 is 0 Å². The fraction of sp³-hybridized carbons (Fsp3) is 0.714. The van der Waals surface area contributed by atoms with E-state index in [-0.39, 0.29) is 17.6 Å².